The van der Waals surface area contributed by atoms with Crippen molar-refractivity contribution < 1.29 is 10.0 Å². The van der Waals surface area contributed by atoms with E-state index in [1.807, 2.05) is 23.9 Å². The first-order valence-electron chi connectivity index (χ1n) is 4.97. The summed E-state index contributed by atoms with van der Waals surface area (Å²) < 4.78 is 1.90. The fraction of sp³-hybridized carbons (Fsp3) is 0.273. The molecule has 0 atom stereocenters. The second-order valence-corrected chi connectivity index (χ2v) is 3.65. The van der Waals surface area contributed by atoms with Gasteiger partial charge >= 0.3 is 0 Å². The molecule has 0 bridgehead atoms. The van der Waals surface area contributed by atoms with Crippen LogP contribution in [0.2, 0.25) is 0 Å². The normalized spacial score (nSPS) is 10.9. The fourth-order valence-electron chi connectivity index (χ4n) is 1.95. The van der Waals surface area contributed by atoms with E-state index in [4.69, 9.17) is 5.11 Å². The molecule has 0 saturated heterocycles. The summed E-state index contributed by atoms with van der Waals surface area (Å²) in [5.74, 6) is 0. The molecule has 0 aliphatic rings. The second-order valence-electron chi connectivity index (χ2n) is 3.65. The first-order chi connectivity index (χ1) is 7.65. The molecule has 0 saturated carbocycles. The summed E-state index contributed by atoms with van der Waals surface area (Å²) in [6.07, 6.45) is 2.16. The lowest BCUT2D eigenvalue weighted by Gasteiger charge is -2.04. The zero-order valence-electron chi connectivity index (χ0n) is 8.88. The number of aromatic nitrogens is 1. The Kier molecular flexibility index (Phi) is 2.62. The van der Waals surface area contributed by atoms with Crippen LogP contribution >= 0.6 is 0 Å². The third-order valence-corrected chi connectivity index (χ3v) is 2.71. The van der Waals surface area contributed by atoms with Crippen LogP contribution in [0.5, 0.6) is 0 Å². The molecule has 0 unspecified atom stereocenters. The number of aliphatic hydroxyl groups is 1. The van der Waals surface area contributed by atoms with E-state index in [1.54, 1.807) is 6.07 Å². The van der Waals surface area contributed by atoms with Gasteiger partial charge in [0.2, 0.25) is 0 Å². The predicted octanol–water partition coefficient (Wildman–Crippen LogP) is 1.62. The lowest BCUT2D eigenvalue weighted by Crippen LogP contribution is -1.99. The summed E-state index contributed by atoms with van der Waals surface area (Å²) in [4.78, 5) is 10.5. The van der Waals surface area contributed by atoms with E-state index in [1.165, 1.54) is 6.07 Å². The molecule has 1 heterocycles. The molecule has 2 rings (SSSR count). The van der Waals surface area contributed by atoms with Gasteiger partial charge in [0.15, 0.2) is 0 Å². The van der Waals surface area contributed by atoms with Gasteiger partial charge in [-0.2, -0.15) is 0 Å². The molecule has 0 aliphatic carbocycles. The van der Waals surface area contributed by atoms with Gasteiger partial charge < -0.3 is 9.67 Å². The highest BCUT2D eigenvalue weighted by atomic mass is 16.6. The van der Waals surface area contributed by atoms with Gasteiger partial charge in [-0.25, -0.2) is 0 Å². The summed E-state index contributed by atoms with van der Waals surface area (Å²) in [6.45, 7) is -0.0884. The van der Waals surface area contributed by atoms with E-state index in [0.717, 1.165) is 10.9 Å². The molecular weight excluding hydrogens is 208 g/mol. The van der Waals surface area contributed by atoms with Gasteiger partial charge in [0.1, 0.15) is 0 Å². The number of fused-ring (bicyclic) bond motifs is 1. The van der Waals surface area contributed by atoms with Crippen molar-refractivity contribution in [1.29, 1.82) is 0 Å². The Labute approximate surface area is 92.1 Å². The minimum Gasteiger partial charge on any atom is -0.396 e. The van der Waals surface area contributed by atoms with Gasteiger partial charge in [-0.1, -0.05) is 0 Å². The summed E-state index contributed by atoms with van der Waals surface area (Å²) in [5, 5.41) is 20.7. The van der Waals surface area contributed by atoms with Gasteiger partial charge in [0, 0.05) is 48.8 Å². The Morgan fingerprint density at radius 2 is 2.19 bits per heavy atom. The smallest absolute Gasteiger partial charge is 0.273 e. The van der Waals surface area contributed by atoms with Gasteiger partial charge in [0.25, 0.3) is 5.69 Å². The van der Waals surface area contributed by atoms with Crippen LogP contribution in [0.15, 0.2) is 24.4 Å². The van der Waals surface area contributed by atoms with Gasteiger partial charge in [0.05, 0.1) is 4.92 Å². The van der Waals surface area contributed by atoms with Crippen LogP contribution in [0.4, 0.5) is 5.69 Å². The predicted molar refractivity (Wildman–Crippen MR) is 60.4 cm³/mol. The summed E-state index contributed by atoms with van der Waals surface area (Å²) in [5.41, 5.74) is 1.62. The number of nitro benzene ring substituents is 1. The lowest BCUT2D eigenvalue weighted by molar-refractivity contribution is -0.385. The highest BCUT2D eigenvalue weighted by Gasteiger charge is 2.17. The Balaban J connectivity index is 2.73. The van der Waals surface area contributed by atoms with Crippen LogP contribution in [0, 0.1) is 10.1 Å². The van der Waals surface area contributed by atoms with Crippen LogP contribution in [0.25, 0.3) is 10.9 Å². The summed E-state index contributed by atoms with van der Waals surface area (Å²) in [6, 6.07) is 5.06. The van der Waals surface area contributed by atoms with Crippen molar-refractivity contribution in [2.24, 2.45) is 7.05 Å². The van der Waals surface area contributed by atoms with Crippen LogP contribution < -0.4 is 0 Å². The maximum absolute atomic E-state index is 10.9. The Hall–Kier alpha value is -1.88. The van der Waals surface area contributed by atoms with Crippen LogP contribution in [-0.4, -0.2) is 21.2 Å². The molecule has 0 radical (unpaired) electrons. The lowest BCUT2D eigenvalue weighted by atomic mass is 10.1. The van der Waals surface area contributed by atoms with Crippen molar-refractivity contribution in [3.8, 4) is 0 Å². The Morgan fingerprint density at radius 1 is 1.44 bits per heavy atom. The molecule has 0 spiro atoms. The first-order valence-corrected chi connectivity index (χ1v) is 4.97. The largest absolute Gasteiger partial charge is 0.396 e. The standard InChI is InChI=1S/C11H12N2O3/c1-12-6-4-8-9(5-7-14)11(13(15)16)3-2-10(8)12/h2-4,6,14H,5,7H2,1H3. The average Bonchev–Trinajstić information content (AvgIpc) is 2.61. The molecule has 0 amide bonds. The topological polar surface area (TPSA) is 68.3 Å². The number of hydrogen-bond donors (Lipinski definition) is 1. The van der Waals surface area contributed by atoms with E-state index in [9.17, 15) is 10.1 Å². The summed E-state index contributed by atoms with van der Waals surface area (Å²) >= 11 is 0. The van der Waals surface area contributed by atoms with Crippen molar-refractivity contribution >= 4 is 16.6 Å². The van der Waals surface area contributed by atoms with Crippen molar-refractivity contribution in [2.45, 2.75) is 6.42 Å². The minimum absolute atomic E-state index is 0.0766. The molecule has 0 aliphatic heterocycles. The number of nitro groups is 1. The van der Waals surface area contributed by atoms with E-state index in [2.05, 4.69) is 0 Å². The minimum atomic E-state index is -0.405. The van der Waals surface area contributed by atoms with Crippen LogP contribution in [-0.2, 0) is 13.5 Å². The van der Waals surface area contributed by atoms with Crippen LogP contribution in [0.1, 0.15) is 5.56 Å². The first kappa shape index (κ1) is 10.6. The average molecular weight is 220 g/mol. The fourth-order valence-corrected chi connectivity index (χ4v) is 1.95. The maximum Gasteiger partial charge on any atom is 0.273 e. The molecule has 2 aromatic rings. The number of rotatable bonds is 3. The van der Waals surface area contributed by atoms with E-state index < -0.39 is 4.92 Å². The highest BCUT2D eigenvalue weighted by molar-refractivity contribution is 5.87. The van der Waals surface area contributed by atoms with Crippen molar-refractivity contribution in [2.75, 3.05) is 6.61 Å². The molecule has 1 aromatic carbocycles. The molecule has 5 nitrogen and oxygen atoms in total. The SMILES string of the molecule is Cn1ccc2c(CCO)c([N+](=O)[O-])ccc21. The number of nitrogens with zero attached hydrogens (tertiary/aromatic N) is 2. The molecule has 84 valence electrons. The van der Waals surface area contributed by atoms with Crippen molar-refractivity contribution in [1.82, 2.24) is 4.57 Å². The van der Waals surface area contributed by atoms with E-state index >= 15 is 0 Å². The third-order valence-electron chi connectivity index (χ3n) is 2.71. The van der Waals surface area contributed by atoms with Crippen molar-refractivity contribution in [3.63, 3.8) is 0 Å². The molecule has 5 heteroatoms. The Morgan fingerprint density at radius 3 is 2.81 bits per heavy atom. The van der Waals surface area contributed by atoms with Gasteiger partial charge in [-0.15, -0.1) is 0 Å². The van der Waals surface area contributed by atoms with Gasteiger partial charge in [-0.05, 0) is 12.1 Å². The third kappa shape index (κ3) is 1.55. The second kappa shape index (κ2) is 3.94. The molecular formula is C11H12N2O3. The van der Waals surface area contributed by atoms with Crippen molar-refractivity contribution in [3.05, 3.63) is 40.1 Å². The Bertz CT molecular complexity index is 545. The molecule has 1 aromatic heterocycles. The van der Waals surface area contributed by atoms with Crippen LogP contribution in [0.3, 0.4) is 0 Å². The molecule has 1 N–H and O–H groups in total. The monoisotopic (exact) mass is 220 g/mol. The molecule has 16 heavy (non-hydrogen) atoms. The summed E-state index contributed by atoms with van der Waals surface area (Å²) in [7, 11) is 1.89. The maximum atomic E-state index is 10.9. The number of benzene rings is 1. The zero-order valence-corrected chi connectivity index (χ0v) is 8.88. The van der Waals surface area contributed by atoms with E-state index in [0.29, 0.717) is 12.0 Å². The molecule has 0 fully saturated rings. The number of aliphatic hydroxyl groups excluding tert-OH is 1. The quantitative estimate of drug-likeness (QED) is 0.631. The number of aryl methyl sites for hydroxylation is 1. The zero-order chi connectivity index (χ0) is 11.7. The van der Waals surface area contributed by atoms with E-state index in [-0.39, 0.29) is 12.3 Å². The highest BCUT2D eigenvalue weighted by Crippen LogP contribution is 2.28. The number of hydrogen-bond acceptors (Lipinski definition) is 3. The van der Waals surface area contributed by atoms with Gasteiger partial charge in [-0.3, -0.25) is 10.1 Å².